The number of benzene rings is 1. The van der Waals surface area contributed by atoms with Crippen LogP contribution in [0.1, 0.15) is 26.7 Å². The summed E-state index contributed by atoms with van der Waals surface area (Å²) >= 11 is 0. The average molecular weight is 354 g/mol. The number of nitrogens with one attached hydrogen (secondary N) is 2. The highest BCUT2D eigenvalue weighted by atomic mass is 32.2. The maximum Gasteiger partial charge on any atom is 0.241 e. The van der Waals surface area contributed by atoms with Gasteiger partial charge in [0.15, 0.2) is 11.5 Å². The van der Waals surface area contributed by atoms with Gasteiger partial charge >= 0.3 is 0 Å². The van der Waals surface area contributed by atoms with E-state index >= 15 is 0 Å². The van der Waals surface area contributed by atoms with E-state index in [2.05, 4.69) is 10.0 Å². The molecule has 7 nitrogen and oxygen atoms in total. The van der Waals surface area contributed by atoms with E-state index in [-0.39, 0.29) is 22.8 Å². The van der Waals surface area contributed by atoms with Crippen molar-refractivity contribution in [3.05, 3.63) is 18.2 Å². The summed E-state index contributed by atoms with van der Waals surface area (Å²) in [4.78, 5) is 12.3. The van der Waals surface area contributed by atoms with E-state index in [9.17, 15) is 13.2 Å². The van der Waals surface area contributed by atoms with Crippen molar-refractivity contribution < 1.29 is 22.7 Å². The molecule has 1 fully saturated rings. The highest BCUT2D eigenvalue weighted by molar-refractivity contribution is 7.89. The summed E-state index contributed by atoms with van der Waals surface area (Å²) in [5, 5.41) is 2.85. The van der Waals surface area contributed by atoms with Gasteiger partial charge in [-0.05, 0) is 30.9 Å². The molecule has 0 radical (unpaired) electrons. The van der Waals surface area contributed by atoms with Crippen LogP contribution in [0.4, 0.5) is 0 Å². The molecular weight excluding hydrogens is 332 g/mol. The lowest BCUT2D eigenvalue weighted by molar-refractivity contribution is -0.123. The van der Waals surface area contributed by atoms with Crippen LogP contribution in [0.2, 0.25) is 0 Å². The van der Waals surface area contributed by atoms with Crippen molar-refractivity contribution >= 4 is 15.9 Å². The number of carbonyl (C=O) groups excluding carboxylic acids is 1. The molecule has 8 heteroatoms. The normalized spacial score (nSPS) is 18.3. The molecule has 1 aromatic rings. The van der Waals surface area contributed by atoms with Crippen molar-refractivity contribution in [3.63, 3.8) is 0 Å². The van der Waals surface area contributed by atoms with Crippen LogP contribution in [-0.4, -0.2) is 39.6 Å². The summed E-state index contributed by atoms with van der Waals surface area (Å²) in [7, 11) is -3.84. The summed E-state index contributed by atoms with van der Waals surface area (Å²) in [6.07, 6.45) is 1.90. The van der Waals surface area contributed by atoms with Crippen molar-refractivity contribution in [3.8, 4) is 11.5 Å². The van der Waals surface area contributed by atoms with Crippen LogP contribution in [0.5, 0.6) is 11.5 Å². The Hall–Kier alpha value is -1.80. The second-order valence-electron chi connectivity index (χ2n) is 6.43. The second kappa shape index (κ2) is 6.60. The minimum Gasteiger partial charge on any atom is -0.486 e. The molecule has 1 aromatic carbocycles. The number of hydrogen-bond donors (Lipinski definition) is 2. The van der Waals surface area contributed by atoms with Crippen LogP contribution in [0.3, 0.4) is 0 Å². The standard InChI is InChI=1S/C16H22N2O5S/c1-10(2)15(16(19)17-11-3-4-11)18-24(20,21)12-5-6-13-14(9-12)23-8-7-22-13/h5-6,9-11,15,18H,3-4,7-8H2,1-2H3,(H,17,19). The SMILES string of the molecule is CC(C)C(NS(=O)(=O)c1ccc2c(c1)OCCO2)C(=O)NC1CC1. The Morgan fingerprint density at radius 1 is 1.17 bits per heavy atom. The number of hydrogen-bond acceptors (Lipinski definition) is 5. The zero-order valence-electron chi connectivity index (χ0n) is 13.7. The predicted octanol–water partition coefficient (Wildman–Crippen LogP) is 1.04. The highest BCUT2D eigenvalue weighted by Gasteiger charge is 2.32. The highest BCUT2D eigenvalue weighted by Crippen LogP contribution is 2.32. The molecule has 132 valence electrons. The Labute approximate surface area is 141 Å². The molecule has 0 saturated heterocycles. The first-order chi connectivity index (χ1) is 11.4. The van der Waals surface area contributed by atoms with E-state index < -0.39 is 16.1 Å². The maximum atomic E-state index is 12.7. The zero-order chi connectivity index (χ0) is 17.3. The van der Waals surface area contributed by atoms with Gasteiger partial charge in [0.05, 0.1) is 4.90 Å². The number of amides is 1. The lowest BCUT2D eigenvalue weighted by atomic mass is 10.1. The third kappa shape index (κ3) is 3.81. The van der Waals surface area contributed by atoms with Crippen LogP contribution < -0.4 is 19.5 Å². The van der Waals surface area contributed by atoms with Crippen molar-refractivity contribution in [1.29, 1.82) is 0 Å². The van der Waals surface area contributed by atoms with Crippen LogP contribution in [0, 0.1) is 5.92 Å². The number of sulfonamides is 1. The minimum atomic E-state index is -3.84. The van der Waals surface area contributed by atoms with Gasteiger partial charge in [0, 0.05) is 12.1 Å². The van der Waals surface area contributed by atoms with Crippen molar-refractivity contribution in [2.75, 3.05) is 13.2 Å². The summed E-state index contributed by atoms with van der Waals surface area (Å²) in [6, 6.07) is 3.80. The summed E-state index contributed by atoms with van der Waals surface area (Å²) in [5.41, 5.74) is 0. The number of ether oxygens (including phenoxy) is 2. The van der Waals surface area contributed by atoms with E-state index in [1.54, 1.807) is 6.07 Å². The monoisotopic (exact) mass is 354 g/mol. The first-order valence-corrected chi connectivity index (χ1v) is 9.57. The molecule has 0 bridgehead atoms. The molecule has 1 heterocycles. The zero-order valence-corrected chi connectivity index (χ0v) is 14.6. The van der Waals surface area contributed by atoms with Crippen molar-refractivity contribution in [2.24, 2.45) is 5.92 Å². The van der Waals surface area contributed by atoms with Crippen LogP contribution >= 0.6 is 0 Å². The third-order valence-corrected chi connectivity index (χ3v) is 5.42. The molecular formula is C16H22N2O5S. The fourth-order valence-corrected chi connectivity index (χ4v) is 3.80. The number of rotatable bonds is 6. The maximum absolute atomic E-state index is 12.7. The Morgan fingerprint density at radius 2 is 1.83 bits per heavy atom. The quantitative estimate of drug-likeness (QED) is 0.796. The van der Waals surface area contributed by atoms with E-state index in [0.29, 0.717) is 24.7 Å². The topological polar surface area (TPSA) is 93.7 Å². The first-order valence-electron chi connectivity index (χ1n) is 8.09. The summed E-state index contributed by atoms with van der Waals surface area (Å²) in [6.45, 7) is 4.43. The molecule has 1 atom stereocenters. The van der Waals surface area contributed by atoms with Crippen LogP contribution in [0.25, 0.3) is 0 Å². The fourth-order valence-electron chi connectivity index (χ4n) is 2.44. The van der Waals surface area contributed by atoms with Crippen LogP contribution in [-0.2, 0) is 14.8 Å². The molecule has 1 amide bonds. The predicted molar refractivity (Wildman–Crippen MR) is 87.5 cm³/mol. The van der Waals surface area contributed by atoms with E-state index in [0.717, 1.165) is 12.8 Å². The van der Waals surface area contributed by atoms with E-state index in [4.69, 9.17) is 9.47 Å². The molecule has 2 N–H and O–H groups in total. The summed E-state index contributed by atoms with van der Waals surface area (Å²) < 4.78 is 38.6. The third-order valence-electron chi connectivity index (χ3n) is 3.98. The molecule has 1 aliphatic carbocycles. The molecule has 1 unspecified atom stereocenters. The van der Waals surface area contributed by atoms with E-state index in [1.165, 1.54) is 12.1 Å². The van der Waals surface area contributed by atoms with Gasteiger partial charge < -0.3 is 14.8 Å². The van der Waals surface area contributed by atoms with Gasteiger partial charge in [0.25, 0.3) is 0 Å². The van der Waals surface area contributed by atoms with Gasteiger partial charge in [-0.25, -0.2) is 8.42 Å². The van der Waals surface area contributed by atoms with Gasteiger partial charge in [-0.2, -0.15) is 4.72 Å². The lowest BCUT2D eigenvalue weighted by Gasteiger charge is -2.22. The van der Waals surface area contributed by atoms with Gasteiger partial charge in [0.2, 0.25) is 15.9 Å². The molecule has 0 aromatic heterocycles. The molecule has 0 spiro atoms. The molecule has 3 rings (SSSR count). The lowest BCUT2D eigenvalue weighted by Crippen LogP contribution is -2.50. The fraction of sp³-hybridized carbons (Fsp3) is 0.562. The smallest absolute Gasteiger partial charge is 0.241 e. The van der Waals surface area contributed by atoms with Crippen LogP contribution in [0.15, 0.2) is 23.1 Å². The number of carbonyl (C=O) groups is 1. The molecule has 1 saturated carbocycles. The Kier molecular flexibility index (Phi) is 4.69. The summed E-state index contributed by atoms with van der Waals surface area (Å²) in [5.74, 6) is 0.462. The Bertz CT molecular complexity index is 728. The molecule has 1 aliphatic heterocycles. The van der Waals surface area contributed by atoms with Crippen molar-refractivity contribution in [2.45, 2.75) is 43.7 Å². The van der Waals surface area contributed by atoms with E-state index in [1.807, 2.05) is 13.8 Å². The largest absolute Gasteiger partial charge is 0.486 e. The number of fused-ring (bicyclic) bond motifs is 1. The van der Waals surface area contributed by atoms with Gasteiger partial charge in [0.1, 0.15) is 19.3 Å². The molecule has 24 heavy (non-hydrogen) atoms. The minimum absolute atomic E-state index is 0.0524. The molecule has 2 aliphatic rings. The van der Waals surface area contributed by atoms with Crippen molar-refractivity contribution in [1.82, 2.24) is 10.0 Å². The van der Waals surface area contributed by atoms with Gasteiger partial charge in [-0.15, -0.1) is 0 Å². The van der Waals surface area contributed by atoms with Gasteiger partial charge in [-0.3, -0.25) is 4.79 Å². The average Bonchev–Trinajstić information content (AvgIpc) is 3.35. The Balaban J connectivity index is 1.79. The Morgan fingerprint density at radius 3 is 2.46 bits per heavy atom. The van der Waals surface area contributed by atoms with Gasteiger partial charge in [-0.1, -0.05) is 13.8 Å². The second-order valence-corrected chi connectivity index (χ2v) is 8.15. The first kappa shape index (κ1) is 17.0.